The number of hydrogen-bond acceptors (Lipinski definition) is 6. The molecule has 0 atom stereocenters. The fourth-order valence-corrected chi connectivity index (χ4v) is 7.08. The summed E-state index contributed by atoms with van der Waals surface area (Å²) in [6.07, 6.45) is 6.00. The molecule has 2 aromatic rings. The molecule has 0 aromatic heterocycles. The summed E-state index contributed by atoms with van der Waals surface area (Å²) < 4.78 is 10.9. The van der Waals surface area contributed by atoms with Gasteiger partial charge in [0.2, 0.25) is 0 Å². The third-order valence-corrected chi connectivity index (χ3v) is 8.03. The number of phenolic OH excluding ortho intramolecular Hbond substituents is 2. The van der Waals surface area contributed by atoms with E-state index in [1.54, 1.807) is 14.2 Å². The molecule has 6 N–H and O–H groups in total. The number of phenols is 2. The first kappa shape index (κ1) is 19.2. The van der Waals surface area contributed by atoms with E-state index in [0.717, 1.165) is 23.0 Å². The molecule has 160 valence electrons. The highest BCUT2D eigenvalue weighted by atomic mass is 16.5. The van der Waals surface area contributed by atoms with Crippen LogP contribution in [0.15, 0.2) is 24.3 Å². The summed E-state index contributed by atoms with van der Waals surface area (Å²) in [7, 11) is 3.09. The predicted octanol–water partition coefficient (Wildman–Crippen LogP) is 4.02. The first-order valence-electron chi connectivity index (χ1n) is 10.7. The number of methoxy groups -OCH3 is 2. The maximum atomic E-state index is 10.4. The quantitative estimate of drug-likeness (QED) is 0.447. The van der Waals surface area contributed by atoms with Crippen molar-refractivity contribution in [2.45, 2.75) is 37.5 Å². The fraction of sp³-hybridized carbons (Fsp3) is 0.500. The largest absolute Gasteiger partial charge is 0.503 e. The first-order valence-corrected chi connectivity index (χ1v) is 10.7. The van der Waals surface area contributed by atoms with Crippen molar-refractivity contribution in [3.8, 4) is 23.0 Å². The second kappa shape index (κ2) is 6.62. The topological polar surface area (TPSA) is 111 Å². The molecule has 4 saturated carbocycles. The molecule has 4 aliphatic carbocycles. The number of rotatable bonds is 4. The van der Waals surface area contributed by atoms with Crippen molar-refractivity contribution in [2.75, 3.05) is 25.7 Å². The van der Waals surface area contributed by atoms with Gasteiger partial charge < -0.3 is 31.2 Å². The summed E-state index contributed by atoms with van der Waals surface area (Å²) in [4.78, 5) is 0. The van der Waals surface area contributed by atoms with E-state index in [0.29, 0.717) is 34.7 Å². The van der Waals surface area contributed by atoms with Gasteiger partial charge in [-0.2, -0.15) is 0 Å². The second-order valence-corrected chi connectivity index (χ2v) is 9.41. The second-order valence-electron chi connectivity index (χ2n) is 9.41. The highest BCUT2D eigenvalue weighted by Gasteiger charge is 2.59. The molecular weight excluding hydrogens is 380 g/mol. The molecule has 0 amide bonds. The van der Waals surface area contributed by atoms with Crippen molar-refractivity contribution in [1.82, 2.24) is 0 Å². The Kier molecular flexibility index (Phi) is 4.24. The predicted molar refractivity (Wildman–Crippen MR) is 116 cm³/mol. The van der Waals surface area contributed by atoms with E-state index in [9.17, 15) is 10.2 Å². The van der Waals surface area contributed by atoms with Gasteiger partial charge in [-0.05, 0) is 91.2 Å². The van der Waals surface area contributed by atoms with Gasteiger partial charge >= 0.3 is 0 Å². The van der Waals surface area contributed by atoms with Gasteiger partial charge in [-0.3, -0.25) is 0 Å². The van der Waals surface area contributed by atoms with Gasteiger partial charge in [-0.25, -0.2) is 0 Å². The Labute approximate surface area is 176 Å². The van der Waals surface area contributed by atoms with Crippen molar-refractivity contribution in [3.05, 3.63) is 35.4 Å². The van der Waals surface area contributed by atoms with Crippen molar-refractivity contribution in [2.24, 2.45) is 23.7 Å². The molecule has 2 aromatic carbocycles. The van der Waals surface area contributed by atoms with Gasteiger partial charge in [0.1, 0.15) is 0 Å². The zero-order valence-electron chi connectivity index (χ0n) is 17.5. The molecule has 0 unspecified atom stereocenters. The van der Waals surface area contributed by atoms with Crippen LogP contribution in [-0.4, -0.2) is 24.4 Å². The number of nitrogen functional groups attached to an aromatic ring is 2. The summed E-state index contributed by atoms with van der Waals surface area (Å²) in [6.45, 7) is 0. The zero-order chi connectivity index (χ0) is 21.2. The molecule has 0 heterocycles. The Morgan fingerprint density at radius 2 is 1.13 bits per heavy atom. The van der Waals surface area contributed by atoms with Crippen LogP contribution in [0, 0.1) is 23.7 Å². The van der Waals surface area contributed by atoms with Gasteiger partial charge in [0, 0.05) is 5.41 Å². The van der Waals surface area contributed by atoms with Gasteiger partial charge in [-0.1, -0.05) is 0 Å². The molecule has 0 spiro atoms. The van der Waals surface area contributed by atoms with Gasteiger partial charge in [0.15, 0.2) is 23.0 Å². The Morgan fingerprint density at radius 3 is 1.50 bits per heavy atom. The first-order chi connectivity index (χ1) is 14.4. The lowest BCUT2D eigenvalue weighted by molar-refractivity contribution is -0.0419. The molecule has 0 aliphatic heterocycles. The van der Waals surface area contributed by atoms with Crippen LogP contribution in [0.4, 0.5) is 11.4 Å². The molecule has 30 heavy (non-hydrogen) atoms. The zero-order valence-corrected chi connectivity index (χ0v) is 17.5. The van der Waals surface area contributed by atoms with E-state index in [2.05, 4.69) is 0 Å². The van der Waals surface area contributed by atoms with Crippen molar-refractivity contribution in [1.29, 1.82) is 0 Å². The Morgan fingerprint density at radius 1 is 0.733 bits per heavy atom. The normalized spacial score (nSPS) is 28.5. The third-order valence-electron chi connectivity index (χ3n) is 8.03. The van der Waals surface area contributed by atoms with Gasteiger partial charge in [-0.15, -0.1) is 0 Å². The summed E-state index contributed by atoms with van der Waals surface area (Å²) >= 11 is 0. The van der Waals surface area contributed by atoms with Crippen LogP contribution in [-0.2, 0) is 5.41 Å². The van der Waals surface area contributed by atoms with Crippen molar-refractivity contribution in [3.63, 3.8) is 0 Å². The van der Waals surface area contributed by atoms with Crippen LogP contribution in [0.5, 0.6) is 23.0 Å². The highest BCUT2D eigenvalue weighted by Crippen LogP contribution is 2.66. The minimum Gasteiger partial charge on any atom is -0.503 e. The number of nitrogens with two attached hydrogens (primary N) is 2. The van der Waals surface area contributed by atoms with Crippen LogP contribution in [0.3, 0.4) is 0 Å². The maximum Gasteiger partial charge on any atom is 0.181 e. The summed E-state index contributed by atoms with van der Waals surface area (Å²) in [5.74, 6) is 3.15. The molecule has 4 bridgehead atoms. The molecular formula is C24H30N2O4. The van der Waals surface area contributed by atoms with E-state index in [1.165, 1.54) is 32.1 Å². The van der Waals surface area contributed by atoms with Crippen LogP contribution in [0.2, 0.25) is 0 Å². The lowest BCUT2D eigenvalue weighted by atomic mass is 9.42. The van der Waals surface area contributed by atoms with E-state index >= 15 is 0 Å². The van der Waals surface area contributed by atoms with E-state index in [1.807, 2.05) is 24.3 Å². The van der Waals surface area contributed by atoms with Crippen molar-refractivity contribution < 1.29 is 19.7 Å². The summed E-state index contributed by atoms with van der Waals surface area (Å²) in [5, 5.41) is 20.7. The van der Waals surface area contributed by atoms with Crippen LogP contribution < -0.4 is 20.9 Å². The van der Waals surface area contributed by atoms with E-state index in [-0.39, 0.29) is 16.9 Å². The number of hydrogen-bond donors (Lipinski definition) is 4. The van der Waals surface area contributed by atoms with Crippen molar-refractivity contribution >= 4 is 11.4 Å². The number of anilines is 2. The standard InChI is InChI=1S/C24H30N2O4/c1-29-20-10-16(8-18(25)22(20)27)24(17-9-19(26)23(28)21(11-17)30-2)14-4-12-3-13(6-14)7-15(24)5-12/h8-15,27-28H,3-7,25-26H2,1-2H3. The minimum absolute atomic E-state index is 0.0250. The van der Waals surface area contributed by atoms with Crippen LogP contribution in [0.25, 0.3) is 0 Å². The average molecular weight is 411 g/mol. The number of benzene rings is 2. The van der Waals surface area contributed by atoms with E-state index in [4.69, 9.17) is 20.9 Å². The number of aromatic hydroxyl groups is 2. The molecule has 4 fully saturated rings. The third kappa shape index (κ3) is 2.49. The number of ether oxygens (including phenoxy) is 2. The lowest BCUT2D eigenvalue weighted by Crippen LogP contribution is -2.56. The molecule has 0 saturated heterocycles. The molecule has 6 rings (SSSR count). The van der Waals surface area contributed by atoms with Crippen LogP contribution >= 0.6 is 0 Å². The molecule has 6 heteroatoms. The monoisotopic (exact) mass is 410 g/mol. The Balaban J connectivity index is 1.79. The highest BCUT2D eigenvalue weighted by molar-refractivity contribution is 5.67. The lowest BCUT2D eigenvalue weighted by Gasteiger charge is -2.62. The van der Waals surface area contributed by atoms with Gasteiger partial charge in [0.25, 0.3) is 0 Å². The average Bonchev–Trinajstić information content (AvgIpc) is 2.72. The SMILES string of the molecule is COc1cc(C2(c3cc(N)c(O)c(OC)c3)C3CC4CC(C3)CC2C4)cc(N)c1O. The van der Waals surface area contributed by atoms with E-state index < -0.39 is 0 Å². The van der Waals surface area contributed by atoms with Crippen LogP contribution in [0.1, 0.15) is 43.2 Å². The van der Waals surface area contributed by atoms with Gasteiger partial charge in [0.05, 0.1) is 25.6 Å². The fourth-order valence-electron chi connectivity index (χ4n) is 7.08. The smallest absolute Gasteiger partial charge is 0.181 e. The molecule has 6 nitrogen and oxygen atoms in total. The summed E-state index contributed by atoms with van der Waals surface area (Å²) in [5.41, 5.74) is 14.9. The maximum absolute atomic E-state index is 10.4. The minimum atomic E-state index is -0.308. The molecule has 0 radical (unpaired) electrons. The summed E-state index contributed by atoms with van der Waals surface area (Å²) in [6, 6.07) is 7.66. The Bertz CT molecular complexity index is 914. The Hall–Kier alpha value is -2.76. The molecule has 4 aliphatic rings.